The van der Waals surface area contributed by atoms with Gasteiger partial charge in [-0.15, -0.1) is 0 Å². The van der Waals surface area contributed by atoms with Gasteiger partial charge in [-0.05, 0) is 43.4 Å². The molecule has 2 atom stereocenters. The fourth-order valence-electron chi connectivity index (χ4n) is 4.52. The first-order chi connectivity index (χ1) is 12.7. The van der Waals surface area contributed by atoms with Crippen LogP contribution in [0, 0.1) is 5.92 Å². The summed E-state index contributed by atoms with van der Waals surface area (Å²) in [6.07, 6.45) is 3.63. The van der Waals surface area contributed by atoms with Crippen molar-refractivity contribution in [2.75, 3.05) is 26.2 Å². The first-order valence-corrected chi connectivity index (χ1v) is 9.78. The largest absolute Gasteiger partial charge is 0.335 e. The molecule has 5 heteroatoms. The van der Waals surface area contributed by atoms with E-state index in [0.717, 1.165) is 37.4 Å². The van der Waals surface area contributed by atoms with Crippen LogP contribution in [0.1, 0.15) is 36.7 Å². The molecule has 0 unspecified atom stereocenters. The molecule has 1 amide bonds. The standard InChI is InChI=1S/C21H28N4O/c1-3-11-24-13-16-9-10-18(24)15-25(14-16)21(26)19-12-20(23(2)22-19)17-7-5-4-6-8-17/h4-8,12,16,18H,3,9-11,13-15H2,1-2H3/t16-,18-/m1/s1. The first kappa shape index (κ1) is 17.3. The van der Waals surface area contributed by atoms with E-state index >= 15 is 0 Å². The van der Waals surface area contributed by atoms with E-state index in [1.165, 1.54) is 19.3 Å². The Morgan fingerprint density at radius 3 is 2.73 bits per heavy atom. The van der Waals surface area contributed by atoms with Gasteiger partial charge in [0.15, 0.2) is 5.69 Å². The predicted molar refractivity (Wildman–Crippen MR) is 103 cm³/mol. The predicted octanol–water partition coefficient (Wildman–Crippen LogP) is 3.03. The summed E-state index contributed by atoms with van der Waals surface area (Å²) in [6, 6.07) is 12.6. The molecule has 1 aromatic carbocycles. The van der Waals surface area contributed by atoms with E-state index in [-0.39, 0.29) is 5.91 Å². The minimum atomic E-state index is 0.0815. The molecule has 26 heavy (non-hydrogen) atoms. The van der Waals surface area contributed by atoms with Crippen molar-refractivity contribution in [1.29, 1.82) is 0 Å². The number of carbonyl (C=O) groups excluding carboxylic acids is 1. The van der Waals surface area contributed by atoms with E-state index in [1.54, 1.807) is 0 Å². The summed E-state index contributed by atoms with van der Waals surface area (Å²) in [5.74, 6) is 0.680. The van der Waals surface area contributed by atoms with Crippen molar-refractivity contribution in [3.63, 3.8) is 0 Å². The number of fused-ring (bicyclic) bond motifs is 4. The van der Waals surface area contributed by atoms with E-state index in [4.69, 9.17) is 0 Å². The Balaban J connectivity index is 1.55. The van der Waals surface area contributed by atoms with Crippen molar-refractivity contribution < 1.29 is 4.79 Å². The topological polar surface area (TPSA) is 41.4 Å². The van der Waals surface area contributed by atoms with Crippen molar-refractivity contribution in [2.24, 2.45) is 13.0 Å². The molecule has 3 aliphatic heterocycles. The summed E-state index contributed by atoms with van der Waals surface area (Å²) in [6.45, 7) is 6.23. The molecular weight excluding hydrogens is 324 g/mol. The van der Waals surface area contributed by atoms with Crippen LogP contribution in [0.2, 0.25) is 0 Å². The Hall–Kier alpha value is -2.14. The van der Waals surface area contributed by atoms with Crippen LogP contribution in [0.25, 0.3) is 11.3 Å². The van der Waals surface area contributed by atoms with Crippen LogP contribution in [0.3, 0.4) is 0 Å². The minimum absolute atomic E-state index is 0.0815. The number of aromatic nitrogens is 2. The van der Waals surface area contributed by atoms with E-state index in [9.17, 15) is 4.79 Å². The molecule has 0 aliphatic carbocycles. The number of amides is 1. The third-order valence-corrected chi connectivity index (χ3v) is 5.79. The summed E-state index contributed by atoms with van der Waals surface area (Å²) in [5, 5.41) is 4.53. The molecule has 3 saturated heterocycles. The average molecular weight is 352 g/mol. The quantitative estimate of drug-likeness (QED) is 0.849. The minimum Gasteiger partial charge on any atom is -0.335 e. The smallest absolute Gasteiger partial charge is 0.274 e. The molecule has 5 nitrogen and oxygen atoms in total. The van der Waals surface area contributed by atoms with Gasteiger partial charge in [-0.1, -0.05) is 37.3 Å². The molecule has 5 rings (SSSR count). The van der Waals surface area contributed by atoms with Gasteiger partial charge in [0.2, 0.25) is 0 Å². The normalized spacial score (nSPS) is 23.2. The molecule has 0 radical (unpaired) electrons. The van der Waals surface area contributed by atoms with Gasteiger partial charge >= 0.3 is 0 Å². The van der Waals surface area contributed by atoms with Gasteiger partial charge in [-0.2, -0.15) is 5.10 Å². The van der Waals surface area contributed by atoms with E-state index < -0.39 is 0 Å². The maximum atomic E-state index is 13.2. The van der Waals surface area contributed by atoms with Gasteiger partial charge in [0.1, 0.15) is 0 Å². The lowest BCUT2D eigenvalue weighted by molar-refractivity contribution is 0.0731. The molecule has 3 fully saturated rings. The Bertz CT molecular complexity index is 770. The maximum Gasteiger partial charge on any atom is 0.274 e. The van der Waals surface area contributed by atoms with Crippen LogP contribution >= 0.6 is 0 Å². The third-order valence-electron chi connectivity index (χ3n) is 5.79. The van der Waals surface area contributed by atoms with E-state index in [0.29, 0.717) is 17.7 Å². The monoisotopic (exact) mass is 352 g/mol. The summed E-state index contributed by atoms with van der Waals surface area (Å²) in [4.78, 5) is 17.8. The fraction of sp³-hybridized carbons (Fsp3) is 0.524. The zero-order chi connectivity index (χ0) is 18.1. The van der Waals surface area contributed by atoms with Crippen LogP contribution in [0.4, 0.5) is 0 Å². The average Bonchev–Trinajstić information content (AvgIpc) is 2.83. The Kier molecular flexibility index (Phi) is 4.81. The second-order valence-corrected chi connectivity index (χ2v) is 7.71. The van der Waals surface area contributed by atoms with Crippen LogP contribution < -0.4 is 0 Å². The number of aryl methyl sites for hydroxylation is 1. The number of carbonyl (C=O) groups is 1. The highest BCUT2D eigenvalue weighted by atomic mass is 16.2. The van der Waals surface area contributed by atoms with Crippen LogP contribution in [-0.4, -0.2) is 57.7 Å². The molecule has 0 N–H and O–H groups in total. The van der Waals surface area contributed by atoms with Crippen LogP contribution in [0.15, 0.2) is 36.4 Å². The van der Waals surface area contributed by atoms with Gasteiger partial charge in [0, 0.05) is 32.7 Å². The lowest BCUT2D eigenvalue weighted by atomic mass is 9.95. The van der Waals surface area contributed by atoms with Crippen molar-refractivity contribution in [1.82, 2.24) is 19.6 Å². The molecule has 2 bridgehead atoms. The van der Waals surface area contributed by atoms with Gasteiger partial charge < -0.3 is 4.90 Å². The zero-order valence-corrected chi connectivity index (χ0v) is 15.8. The third kappa shape index (κ3) is 3.28. The number of hydrogen-bond acceptors (Lipinski definition) is 3. The second-order valence-electron chi connectivity index (χ2n) is 7.71. The molecule has 3 aliphatic rings. The highest BCUT2D eigenvalue weighted by molar-refractivity contribution is 5.93. The maximum absolute atomic E-state index is 13.2. The van der Waals surface area contributed by atoms with Gasteiger partial charge in [-0.25, -0.2) is 0 Å². The number of benzene rings is 1. The second kappa shape index (κ2) is 7.23. The number of rotatable bonds is 4. The van der Waals surface area contributed by atoms with E-state index in [2.05, 4.69) is 34.0 Å². The highest BCUT2D eigenvalue weighted by Gasteiger charge is 2.36. The fourth-order valence-corrected chi connectivity index (χ4v) is 4.52. The van der Waals surface area contributed by atoms with Crippen molar-refractivity contribution in [2.45, 2.75) is 32.2 Å². The summed E-state index contributed by atoms with van der Waals surface area (Å²) < 4.78 is 1.82. The lowest BCUT2D eigenvalue weighted by Gasteiger charge is -2.35. The highest BCUT2D eigenvalue weighted by Crippen LogP contribution is 2.29. The summed E-state index contributed by atoms with van der Waals surface area (Å²) >= 11 is 0. The SMILES string of the molecule is CCCN1C[C@H]2CC[C@@H]1CN(C(=O)c1cc(-c3ccccc3)n(C)n1)C2. The van der Waals surface area contributed by atoms with Gasteiger partial charge in [-0.3, -0.25) is 14.4 Å². The van der Waals surface area contributed by atoms with Crippen molar-refractivity contribution in [3.8, 4) is 11.3 Å². The van der Waals surface area contributed by atoms with Crippen molar-refractivity contribution >= 4 is 5.91 Å². The number of hydrogen-bond donors (Lipinski definition) is 0. The Labute approximate surface area is 155 Å². The summed E-state index contributed by atoms with van der Waals surface area (Å²) in [5.41, 5.74) is 2.64. The molecule has 1 aromatic heterocycles. The number of nitrogens with zero attached hydrogens (tertiary/aromatic N) is 4. The Morgan fingerprint density at radius 1 is 1.15 bits per heavy atom. The van der Waals surface area contributed by atoms with Gasteiger partial charge in [0.25, 0.3) is 5.91 Å². The van der Waals surface area contributed by atoms with Crippen LogP contribution in [-0.2, 0) is 7.05 Å². The Morgan fingerprint density at radius 2 is 1.96 bits per heavy atom. The molecular formula is C21H28N4O. The molecule has 0 saturated carbocycles. The van der Waals surface area contributed by atoms with Gasteiger partial charge in [0.05, 0.1) is 5.69 Å². The lowest BCUT2D eigenvalue weighted by Crippen LogP contribution is -2.44. The zero-order valence-electron chi connectivity index (χ0n) is 15.8. The molecule has 4 heterocycles. The van der Waals surface area contributed by atoms with Crippen molar-refractivity contribution in [3.05, 3.63) is 42.1 Å². The number of piperidine rings is 1. The van der Waals surface area contributed by atoms with E-state index in [1.807, 2.05) is 36.0 Å². The summed E-state index contributed by atoms with van der Waals surface area (Å²) in [7, 11) is 1.91. The molecule has 2 aromatic rings. The molecule has 138 valence electrons. The first-order valence-electron chi connectivity index (χ1n) is 9.78. The van der Waals surface area contributed by atoms with Crippen LogP contribution in [0.5, 0.6) is 0 Å². The molecule has 0 spiro atoms.